The van der Waals surface area contributed by atoms with Gasteiger partial charge in [0.1, 0.15) is 13.2 Å². The quantitative estimate of drug-likeness (QED) is 0.639. The van der Waals surface area contributed by atoms with Crippen LogP contribution in [-0.2, 0) is 4.79 Å². The molecule has 0 aromatic heterocycles. The molecule has 21 heavy (non-hydrogen) atoms. The minimum absolute atomic E-state index is 0.422. The monoisotopic (exact) mass is 296 g/mol. The summed E-state index contributed by atoms with van der Waals surface area (Å²) in [6.45, 7) is 2.17. The molecular formula is C13H16N2O6. The maximum absolute atomic E-state index is 11.7. The predicted molar refractivity (Wildman–Crippen MR) is 72.7 cm³/mol. The lowest BCUT2D eigenvalue weighted by Crippen LogP contribution is -2.49. The molecular weight excluding hydrogens is 280 g/mol. The van der Waals surface area contributed by atoms with Gasteiger partial charge in [0.05, 0.1) is 6.10 Å². The topological polar surface area (TPSA) is 117 Å². The van der Waals surface area contributed by atoms with Crippen molar-refractivity contribution in [2.24, 2.45) is 0 Å². The number of carbonyl (C=O) groups is 2. The molecule has 0 spiro atoms. The van der Waals surface area contributed by atoms with E-state index in [1.807, 2.05) is 0 Å². The molecule has 8 heteroatoms. The number of aliphatic hydroxyl groups is 1. The number of fused-ring (bicyclic) bond motifs is 1. The summed E-state index contributed by atoms with van der Waals surface area (Å²) < 4.78 is 10.7. The van der Waals surface area contributed by atoms with Crippen LogP contribution in [0.3, 0.4) is 0 Å². The summed E-state index contributed by atoms with van der Waals surface area (Å²) in [6, 6.07) is 2.70. The Morgan fingerprint density at radius 1 is 1.24 bits per heavy atom. The third kappa shape index (κ3) is 3.76. The number of amides is 2. The van der Waals surface area contributed by atoms with Crippen LogP contribution in [0.5, 0.6) is 11.5 Å². The van der Waals surface area contributed by atoms with E-state index in [2.05, 4.69) is 10.6 Å². The zero-order valence-electron chi connectivity index (χ0n) is 11.3. The maximum atomic E-state index is 11.7. The van der Waals surface area contributed by atoms with E-state index in [9.17, 15) is 14.7 Å². The Morgan fingerprint density at radius 3 is 2.52 bits per heavy atom. The van der Waals surface area contributed by atoms with Crippen molar-refractivity contribution in [2.45, 2.75) is 19.1 Å². The highest BCUT2D eigenvalue weighted by Crippen LogP contribution is 2.32. The van der Waals surface area contributed by atoms with Gasteiger partial charge >= 0.3 is 12.0 Å². The van der Waals surface area contributed by atoms with Gasteiger partial charge in [0.2, 0.25) is 0 Å². The molecule has 1 aromatic rings. The van der Waals surface area contributed by atoms with Crippen molar-refractivity contribution < 1.29 is 29.3 Å². The fourth-order valence-corrected chi connectivity index (χ4v) is 1.82. The second-order valence-corrected chi connectivity index (χ2v) is 4.51. The van der Waals surface area contributed by atoms with Gasteiger partial charge in [-0.2, -0.15) is 0 Å². The average Bonchev–Trinajstić information content (AvgIpc) is 2.44. The van der Waals surface area contributed by atoms with E-state index in [1.54, 1.807) is 18.2 Å². The van der Waals surface area contributed by atoms with Gasteiger partial charge < -0.3 is 30.3 Å². The highest BCUT2D eigenvalue weighted by atomic mass is 16.6. The molecule has 0 saturated carbocycles. The van der Waals surface area contributed by atoms with Crippen LogP contribution in [0.2, 0.25) is 0 Å². The smallest absolute Gasteiger partial charge is 0.328 e. The molecule has 8 nitrogen and oxygen atoms in total. The number of anilines is 1. The molecule has 0 fully saturated rings. The SMILES string of the molecule is C[C@@H](O)[C@H](NC(=O)Nc1ccc2c(c1)OCCO2)C(=O)O. The first-order valence-corrected chi connectivity index (χ1v) is 6.35. The van der Waals surface area contributed by atoms with Crippen LogP contribution in [0.15, 0.2) is 18.2 Å². The van der Waals surface area contributed by atoms with Crippen LogP contribution in [0.1, 0.15) is 6.92 Å². The van der Waals surface area contributed by atoms with Crippen molar-refractivity contribution in [3.05, 3.63) is 18.2 Å². The third-order valence-electron chi connectivity index (χ3n) is 2.84. The van der Waals surface area contributed by atoms with Crippen molar-refractivity contribution in [1.29, 1.82) is 0 Å². The fourth-order valence-electron chi connectivity index (χ4n) is 1.82. The van der Waals surface area contributed by atoms with Crippen LogP contribution in [0.25, 0.3) is 0 Å². The van der Waals surface area contributed by atoms with Crippen molar-refractivity contribution in [2.75, 3.05) is 18.5 Å². The van der Waals surface area contributed by atoms with Crippen LogP contribution in [-0.4, -0.2) is 47.6 Å². The van der Waals surface area contributed by atoms with E-state index in [4.69, 9.17) is 14.6 Å². The Bertz CT molecular complexity index is 545. The van der Waals surface area contributed by atoms with E-state index < -0.39 is 24.1 Å². The lowest BCUT2D eigenvalue weighted by molar-refractivity contribution is -0.141. The van der Waals surface area contributed by atoms with E-state index in [0.29, 0.717) is 30.4 Å². The lowest BCUT2D eigenvalue weighted by Gasteiger charge is -2.20. The summed E-state index contributed by atoms with van der Waals surface area (Å²) in [5, 5.41) is 22.8. The Balaban J connectivity index is 2.01. The molecule has 0 bridgehead atoms. The molecule has 0 saturated heterocycles. The molecule has 1 aromatic carbocycles. The zero-order chi connectivity index (χ0) is 15.4. The predicted octanol–water partition coefficient (Wildman–Crippen LogP) is 0.413. The van der Waals surface area contributed by atoms with E-state index in [0.717, 1.165) is 0 Å². The third-order valence-corrected chi connectivity index (χ3v) is 2.84. The molecule has 2 amide bonds. The summed E-state index contributed by atoms with van der Waals surface area (Å²) in [5.41, 5.74) is 0.423. The number of nitrogens with one attached hydrogen (secondary N) is 2. The number of benzene rings is 1. The summed E-state index contributed by atoms with van der Waals surface area (Å²) in [4.78, 5) is 22.6. The standard InChI is InChI=1S/C13H16N2O6/c1-7(16)11(12(17)18)15-13(19)14-8-2-3-9-10(6-8)21-5-4-20-9/h2-3,6-7,11,16H,4-5H2,1H3,(H,17,18)(H2,14,15,19)/t7-,11+/m1/s1. The number of urea groups is 1. The molecule has 114 valence electrons. The number of ether oxygens (including phenoxy) is 2. The normalized spacial score (nSPS) is 15.7. The molecule has 1 heterocycles. The van der Waals surface area contributed by atoms with Crippen LogP contribution in [0.4, 0.5) is 10.5 Å². The second-order valence-electron chi connectivity index (χ2n) is 4.51. The number of aliphatic hydroxyl groups excluding tert-OH is 1. The molecule has 2 atom stereocenters. The first-order valence-electron chi connectivity index (χ1n) is 6.35. The summed E-state index contributed by atoms with van der Waals surface area (Å²) in [6.07, 6.45) is -1.21. The van der Waals surface area contributed by atoms with Gasteiger partial charge in [-0.05, 0) is 19.1 Å². The number of aliphatic carboxylic acids is 1. The Morgan fingerprint density at radius 2 is 1.90 bits per heavy atom. The van der Waals surface area contributed by atoms with Gasteiger partial charge in [0.25, 0.3) is 0 Å². The number of carbonyl (C=O) groups excluding carboxylic acids is 1. The largest absolute Gasteiger partial charge is 0.486 e. The Hall–Kier alpha value is -2.48. The van der Waals surface area contributed by atoms with Gasteiger partial charge in [-0.3, -0.25) is 0 Å². The number of carboxylic acid groups (broad SMARTS) is 1. The highest BCUT2D eigenvalue weighted by molar-refractivity contribution is 5.92. The van der Waals surface area contributed by atoms with Crippen molar-refractivity contribution in [3.8, 4) is 11.5 Å². The van der Waals surface area contributed by atoms with Gasteiger partial charge in [-0.1, -0.05) is 0 Å². The average molecular weight is 296 g/mol. The van der Waals surface area contributed by atoms with Crippen molar-refractivity contribution in [1.82, 2.24) is 5.32 Å². The first kappa shape index (κ1) is 14.9. The minimum Gasteiger partial charge on any atom is -0.486 e. The fraction of sp³-hybridized carbons (Fsp3) is 0.385. The minimum atomic E-state index is -1.39. The zero-order valence-corrected chi connectivity index (χ0v) is 11.3. The van der Waals surface area contributed by atoms with Crippen molar-refractivity contribution >= 4 is 17.7 Å². The first-order chi connectivity index (χ1) is 9.97. The van der Waals surface area contributed by atoms with Gasteiger partial charge in [-0.25, -0.2) is 9.59 Å². The number of hydrogen-bond acceptors (Lipinski definition) is 5. The van der Waals surface area contributed by atoms with Crippen molar-refractivity contribution in [3.63, 3.8) is 0 Å². The Kier molecular flexibility index (Phi) is 4.49. The van der Waals surface area contributed by atoms with Crippen LogP contribution >= 0.6 is 0 Å². The molecule has 1 aliphatic heterocycles. The lowest BCUT2D eigenvalue weighted by atomic mass is 10.2. The molecule has 0 radical (unpaired) electrons. The highest BCUT2D eigenvalue weighted by Gasteiger charge is 2.25. The van der Waals surface area contributed by atoms with Gasteiger partial charge in [0.15, 0.2) is 17.5 Å². The van der Waals surface area contributed by atoms with Gasteiger partial charge in [0, 0.05) is 11.8 Å². The summed E-state index contributed by atoms with van der Waals surface area (Å²) in [7, 11) is 0. The van der Waals surface area contributed by atoms with Crippen LogP contribution in [0, 0.1) is 0 Å². The number of carboxylic acids is 1. The maximum Gasteiger partial charge on any atom is 0.328 e. The molecule has 0 unspecified atom stereocenters. The summed E-state index contributed by atoms with van der Waals surface area (Å²) >= 11 is 0. The van der Waals surface area contributed by atoms with Crippen LogP contribution < -0.4 is 20.1 Å². The summed E-state index contributed by atoms with van der Waals surface area (Å²) in [5.74, 6) is -0.230. The number of hydrogen-bond donors (Lipinski definition) is 4. The number of rotatable bonds is 4. The molecule has 1 aliphatic rings. The molecule has 4 N–H and O–H groups in total. The molecule has 0 aliphatic carbocycles. The Labute approximate surface area is 120 Å². The van der Waals surface area contributed by atoms with E-state index in [1.165, 1.54) is 6.92 Å². The van der Waals surface area contributed by atoms with E-state index >= 15 is 0 Å². The van der Waals surface area contributed by atoms with Gasteiger partial charge in [-0.15, -0.1) is 0 Å². The molecule has 2 rings (SSSR count). The second kappa shape index (κ2) is 6.31. The van der Waals surface area contributed by atoms with E-state index in [-0.39, 0.29) is 0 Å².